The standard InChI is InChI=1S/C24H29N3O2/c28-17-21-8-5-13-27(21)16-20-7-2-1-6-18(20)14-26-24(29)12-11-19-15-25-23-10-4-3-9-22(19)23/h1-4,6-7,9-10,15,21,25,28H,5,8,11-14,16-17H2,(H,26,29)/t21-/m1/s1. The zero-order valence-corrected chi connectivity index (χ0v) is 16.7. The number of carbonyl (C=O) groups is 1. The molecule has 1 atom stereocenters. The minimum Gasteiger partial charge on any atom is -0.395 e. The van der Waals surface area contributed by atoms with Gasteiger partial charge in [-0.25, -0.2) is 0 Å². The number of carbonyl (C=O) groups excluding carboxylic acids is 1. The van der Waals surface area contributed by atoms with Crippen molar-refractivity contribution < 1.29 is 9.90 Å². The average Bonchev–Trinajstić information content (AvgIpc) is 3.38. The highest BCUT2D eigenvalue weighted by Crippen LogP contribution is 2.22. The van der Waals surface area contributed by atoms with Gasteiger partial charge in [-0.2, -0.15) is 0 Å². The molecule has 1 aromatic heterocycles. The predicted molar refractivity (Wildman–Crippen MR) is 115 cm³/mol. The van der Waals surface area contributed by atoms with Crippen LogP contribution < -0.4 is 5.32 Å². The van der Waals surface area contributed by atoms with Gasteiger partial charge in [0.05, 0.1) is 6.61 Å². The largest absolute Gasteiger partial charge is 0.395 e. The smallest absolute Gasteiger partial charge is 0.220 e. The number of para-hydroxylation sites is 1. The van der Waals surface area contributed by atoms with E-state index in [1.807, 2.05) is 30.5 Å². The van der Waals surface area contributed by atoms with Gasteiger partial charge in [0.1, 0.15) is 0 Å². The number of aromatic amines is 1. The predicted octanol–water partition coefficient (Wildman–Crippen LogP) is 3.37. The molecule has 3 aromatic rings. The van der Waals surface area contributed by atoms with Crippen molar-refractivity contribution in [1.82, 2.24) is 15.2 Å². The summed E-state index contributed by atoms with van der Waals surface area (Å²) in [5.41, 5.74) is 4.67. The molecular formula is C24H29N3O2. The van der Waals surface area contributed by atoms with Crippen LogP contribution in [-0.4, -0.2) is 40.1 Å². The molecule has 0 spiro atoms. The highest BCUT2D eigenvalue weighted by atomic mass is 16.3. The van der Waals surface area contributed by atoms with Crippen molar-refractivity contribution in [1.29, 1.82) is 0 Å². The summed E-state index contributed by atoms with van der Waals surface area (Å²) in [6.07, 6.45) is 5.40. The molecule has 2 aromatic carbocycles. The van der Waals surface area contributed by atoms with E-state index in [1.54, 1.807) is 0 Å². The van der Waals surface area contributed by atoms with E-state index in [9.17, 15) is 9.90 Å². The topological polar surface area (TPSA) is 68.4 Å². The van der Waals surface area contributed by atoms with Crippen molar-refractivity contribution >= 4 is 16.8 Å². The van der Waals surface area contributed by atoms with Gasteiger partial charge in [0.15, 0.2) is 0 Å². The first-order valence-electron chi connectivity index (χ1n) is 10.5. The van der Waals surface area contributed by atoms with Crippen LogP contribution in [0.3, 0.4) is 0 Å². The fourth-order valence-electron chi connectivity index (χ4n) is 4.28. The maximum absolute atomic E-state index is 12.4. The molecule has 29 heavy (non-hydrogen) atoms. The van der Waals surface area contributed by atoms with Crippen LogP contribution in [0.1, 0.15) is 36.0 Å². The van der Waals surface area contributed by atoms with E-state index in [2.05, 4.69) is 39.5 Å². The summed E-state index contributed by atoms with van der Waals surface area (Å²) in [6, 6.07) is 16.7. The Bertz CT molecular complexity index is 965. The second-order valence-electron chi connectivity index (χ2n) is 7.85. The van der Waals surface area contributed by atoms with Crippen LogP contribution in [0.15, 0.2) is 54.7 Å². The fourth-order valence-corrected chi connectivity index (χ4v) is 4.28. The lowest BCUT2D eigenvalue weighted by Crippen LogP contribution is -2.32. The Kier molecular flexibility index (Phi) is 6.27. The third kappa shape index (κ3) is 4.69. The lowest BCUT2D eigenvalue weighted by molar-refractivity contribution is -0.121. The first-order valence-corrected chi connectivity index (χ1v) is 10.5. The van der Waals surface area contributed by atoms with Crippen molar-refractivity contribution in [2.24, 2.45) is 0 Å². The van der Waals surface area contributed by atoms with Crippen molar-refractivity contribution in [2.75, 3.05) is 13.2 Å². The third-order valence-electron chi connectivity index (χ3n) is 5.97. The zero-order valence-electron chi connectivity index (χ0n) is 16.7. The lowest BCUT2D eigenvalue weighted by Gasteiger charge is -2.24. The molecule has 5 nitrogen and oxygen atoms in total. The number of aromatic nitrogens is 1. The van der Waals surface area contributed by atoms with Gasteiger partial charge in [-0.05, 0) is 48.6 Å². The van der Waals surface area contributed by atoms with E-state index in [1.165, 1.54) is 16.5 Å². The van der Waals surface area contributed by atoms with Crippen LogP contribution >= 0.6 is 0 Å². The van der Waals surface area contributed by atoms with E-state index >= 15 is 0 Å². The Hall–Kier alpha value is -2.63. The zero-order chi connectivity index (χ0) is 20.1. The lowest BCUT2D eigenvalue weighted by atomic mass is 10.1. The molecule has 4 rings (SSSR count). The molecule has 2 heterocycles. The van der Waals surface area contributed by atoms with E-state index in [0.29, 0.717) is 13.0 Å². The Morgan fingerprint density at radius 1 is 1.10 bits per heavy atom. The minimum atomic E-state index is 0.0690. The molecule has 0 saturated carbocycles. The number of nitrogens with zero attached hydrogens (tertiary/aromatic N) is 1. The summed E-state index contributed by atoms with van der Waals surface area (Å²) >= 11 is 0. The maximum Gasteiger partial charge on any atom is 0.220 e. The van der Waals surface area contributed by atoms with Crippen molar-refractivity contribution in [3.8, 4) is 0 Å². The van der Waals surface area contributed by atoms with Crippen LogP contribution in [0, 0.1) is 0 Å². The monoisotopic (exact) mass is 391 g/mol. The summed E-state index contributed by atoms with van der Waals surface area (Å²) in [7, 11) is 0. The molecule has 1 aliphatic rings. The number of benzene rings is 2. The molecule has 5 heteroatoms. The van der Waals surface area contributed by atoms with Gasteiger partial charge in [0.25, 0.3) is 0 Å². The Labute approximate surface area is 171 Å². The van der Waals surface area contributed by atoms with Gasteiger partial charge in [-0.1, -0.05) is 42.5 Å². The number of fused-ring (bicyclic) bond motifs is 1. The van der Waals surface area contributed by atoms with Crippen LogP contribution in [0.5, 0.6) is 0 Å². The number of aliphatic hydroxyl groups excluding tert-OH is 1. The number of rotatable bonds is 8. The maximum atomic E-state index is 12.4. The van der Waals surface area contributed by atoms with Gasteiger partial charge in [-0.3, -0.25) is 9.69 Å². The van der Waals surface area contributed by atoms with Crippen LogP contribution in [0.25, 0.3) is 10.9 Å². The molecule has 3 N–H and O–H groups in total. The van der Waals surface area contributed by atoms with Crippen molar-refractivity contribution in [3.63, 3.8) is 0 Å². The second-order valence-corrected chi connectivity index (χ2v) is 7.85. The average molecular weight is 392 g/mol. The number of aliphatic hydroxyl groups is 1. The number of H-pyrrole nitrogens is 1. The van der Waals surface area contributed by atoms with Gasteiger partial charge in [-0.15, -0.1) is 0 Å². The van der Waals surface area contributed by atoms with E-state index in [-0.39, 0.29) is 18.6 Å². The molecule has 152 valence electrons. The molecule has 0 aliphatic carbocycles. The normalized spacial score (nSPS) is 17.1. The highest BCUT2D eigenvalue weighted by Gasteiger charge is 2.24. The number of amides is 1. The Morgan fingerprint density at radius 3 is 2.76 bits per heavy atom. The number of aryl methyl sites for hydroxylation is 1. The summed E-state index contributed by atoms with van der Waals surface area (Å²) in [5, 5.41) is 13.8. The number of hydrogen-bond donors (Lipinski definition) is 3. The van der Waals surface area contributed by atoms with Crippen LogP contribution in [0.2, 0.25) is 0 Å². The molecular weight excluding hydrogens is 362 g/mol. The van der Waals surface area contributed by atoms with Crippen LogP contribution in [0.4, 0.5) is 0 Å². The number of likely N-dealkylation sites (tertiary alicyclic amines) is 1. The minimum absolute atomic E-state index is 0.0690. The number of hydrogen-bond acceptors (Lipinski definition) is 3. The van der Waals surface area contributed by atoms with Gasteiger partial charge in [0, 0.05) is 42.7 Å². The molecule has 0 bridgehead atoms. The van der Waals surface area contributed by atoms with Gasteiger partial charge >= 0.3 is 0 Å². The molecule has 1 fully saturated rings. The summed E-state index contributed by atoms with van der Waals surface area (Å²) in [5.74, 6) is 0.0690. The first kappa shape index (κ1) is 19.7. The highest BCUT2D eigenvalue weighted by molar-refractivity contribution is 5.84. The van der Waals surface area contributed by atoms with Gasteiger partial charge < -0.3 is 15.4 Å². The summed E-state index contributed by atoms with van der Waals surface area (Å²) in [6.45, 7) is 2.61. The van der Waals surface area contributed by atoms with Crippen molar-refractivity contribution in [3.05, 3.63) is 71.4 Å². The quantitative estimate of drug-likeness (QED) is 0.551. The Morgan fingerprint density at radius 2 is 1.90 bits per heavy atom. The Balaban J connectivity index is 1.32. The number of nitrogens with one attached hydrogen (secondary N) is 2. The molecule has 0 unspecified atom stereocenters. The molecule has 1 aliphatic heterocycles. The summed E-state index contributed by atoms with van der Waals surface area (Å²) in [4.78, 5) is 18.0. The van der Waals surface area contributed by atoms with Crippen molar-refractivity contribution in [2.45, 2.75) is 44.8 Å². The third-order valence-corrected chi connectivity index (χ3v) is 5.97. The van der Waals surface area contributed by atoms with E-state index in [0.717, 1.165) is 43.4 Å². The molecule has 1 saturated heterocycles. The van der Waals surface area contributed by atoms with Gasteiger partial charge in [0.2, 0.25) is 5.91 Å². The second kappa shape index (κ2) is 9.25. The fraction of sp³-hybridized carbons (Fsp3) is 0.375. The first-order chi connectivity index (χ1) is 14.2. The van der Waals surface area contributed by atoms with Crippen LogP contribution in [-0.2, 0) is 24.3 Å². The SMILES string of the molecule is O=C(CCc1c[nH]c2ccccc12)NCc1ccccc1CN1CCC[C@@H]1CO. The molecule has 1 amide bonds. The van der Waals surface area contributed by atoms with E-state index < -0.39 is 0 Å². The van der Waals surface area contributed by atoms with E-state index in [4.69, 9.17) is 0 Å². The molecule has 0 radical (unpaired) electrons. The summed E-state index contributed by atoms with van der Waals surface area (Å²) < 4.78 is 0.